The molecule has 182 valence electrons. The van der Waals surface area contributed by atoms with Gasteiger partial charge in [-0.1, -0.05) is 6.07 Å². The maximum absolute atomic E-state index is 12.7. The van der Waals surface area contributed by atoms with Crippen molar-refractivity contribution in [1.82, 2.24) is 19.9 Å². The Morgan fingerprint density at radius 3 is 2.40 bits per heavy atom. The van der Waals surface area contributed by atoms with Gasteiger partial charge in [-0.25, -0.2) is 4.98 Å². The molecule has 35 heavy (non-hydrogen) atoms. The first-order chi connectivity index (χ1) is 16.9. The fraction of sp³-hybridized carbons (Fsp3) is 0.333. The number of carbonyl (C=O) groups excluding carboxylic acids is 1. The number of imidazole rings is 1. The van der Waals surface area contributed by atoms with Gasteiger partial charge >= 0.3 is 0 Å². The van der Waals surface area contributed by atoms with Crippen LogP contribution >= 0.6 is 0 Å². The van der Waals surface area contributed by atoms with Crippen molar-refractivity contribution in [3.8, 4) is 34.1 Å². The number of ketones is 1. The van der Waals surface area contributed by atoms with E-state index in [9.17, 15) is 4.79 Å². The third kappa shape index (κ3) is 4.14. The first-order valence-electron chi connectivity index (χ1n) is 11.8. The molecule has 8 heteroatoms. The molecule has 0 spiro atoms. The molecule has 0 saturated carbocycles. The summed E-state index contributed by atoms with van der Waals surface area (Å²) in [5.74, 6) is 1.92. The minimum atomic E-state index is -0.0109. The van der Waals surface area contributed by atoms with Gasteiger partial charge < -0.3 is 29.2 Å². The molecule has 0 atom stereocenters. The highest BCUT2D eigenvalue weighted by atomic mass is 16.5. The topological polar surface area (TPSA) is 86.5 Å². The Morgan fingerprint density at radius 2 is 1.71 bits per heavy atom. The number of methoxy groups -OCH3 is 2. The Hall–Kier alpha value is -3.78. The molecule has 1 aliphatic heterocycles. The van der Waals surface area contributed by atoms with Crippen LogP contribution in [0.25, 0.3) is 33.7 Å². The van der Waals surface area contributed by atoms with Gasteiger partial charge in [0.05, 0.1) is 30.9 Å². The van der Waals surface area contributed by atoms with Crippen LogP contribution in [0.4, 0.5) is 5.69 Å². The van der Waals surface area contributed by atoms with E-state index in [1.54, 1.807) is 21.1 Å². The third-order valence-corrected chi connectivity index (χ3v) is 6.78. The highest BCUT2D eigenvalue weighted by molar-refractivity contribution is 6.06. The van der Waals surface area contributed by atoms with Gasteiger partial charge in [-0.3, -0.25) is 4.79 Å². The SMILES string of the molecule is COc1ccc(-c2c(-c3nc4ccc(N5CCN(C)CC5)cc4[nH]3)[nH]c(C)c2C(C)=O)cc1OC. The Kier molecular flexibility index (Phi) is 5.98. The number of Topliss-reactive ketones (excluding diaryl/α,β-unsaturated/α-hetero) is 1. The van der Waals surface area contributed by atoms with Crippen molar-refractivity contribution >= 4 is 22.5 Å². The zero-order valence-electron chi connectivity index (χ0n) is 20.9. The van der Waals surface area contributed by atoms with Crippen LogP contribution in [0.3, 0.4) is 0 Å². The summed E-state index contributed by atoms with van der Waals surface area (Å²) in [5, 5.41) is 0. The summed E-state index contributed by atoms with van der Waals surface area (Å²) < 4.78 is 10.9. The van der Waals surface area contributed by atoms with Crippen molar-refractivity contribution < 1.29 is 14.3 Å². The van der Waals surface area contributed by atoms with E-state index in [1.165, 1.54) is 5.69 Å². The molecule has 2 aromatic carbocycles. The number of hydrogen-bond acceptors (Lipinski definition) is 6. The number of fused-ring (bicyclic) bond motifs is 1. The molecule has 0 amide bonds. The fourth-order valence-corrected chi connectivity index (χ4v) is 4.90. The normalized spacial score (nSPS) is 14.5. The lowest BCUT2D eigenvalue weighted by molar-refractivity contribution is 0.101. The maximum Gasteiger partial charge on any atom is 0.162 e. The van der Waals surface area contributed by atoms with Gasteiger partial charge in [-0.15, -0.1) is 0 Å². The number of piperazine rings is 1. The van der Waals surface area contributed by atoms with Crippen LogP contribution < -0.4 is 14.4 Å². The number of aromatic nitrogens is 3. The second-order valence-corrected chi connectivity index (χ2v) is 9.08. The average Bonchev–Trinajstić information content (AvgIpc) is 3.44. The van der Waals surface area contributed by atoms with Gasteiger partial charge in [-0.05, 0) is 56.8 Å². The van der Waals surface area contributed by atoms with E-state index in [0.29, 0.717) is 22.9 Å². The molecule has 1 saturated heterocycles. The summed E-state index contributed by atoms with van der Waals surface area (Å²) in [5.41, 5.74) is 6.91. The highest BCUT2D eigenvalue weighted by Gasteiger charge is 2.24. The van der Waals surface area contributed by atoms with E-state index in [-0.39, 0.29) is 5.78 Å². The van der Waals surface area contributed by atoms with Crippen LogP contribution in [0.1, 0.15) is 23.0 Å². The summed E-state index contributed by atoms with van der Waals surface area (Å²) in [6.45, 7) is 7.62. The van der Waals surface area contributed by atoms with Crippen LogP contribution in [0, 0.1) is 6.92 Å². The number of aryl methyl sites for hydroxylation is 1. The fourth-order valence-electron chi connectivity index (χ4n) is 4.90. The molecule has 2 N–H and O–H groups in total. The molecule has 3 heterocycles. The predicted molar refractivity (Wildman–Crippen MR) is 139 cm³/mol. The van der Waals surface area contributed by atoms with Crippen molar-refractivity contribution in [2.45, 2.75) is 13.8 Å². The van der Waals surface area contributed by atoms with E-state index >= 15 is 0 Å². The molecule has 2 aromatic heterocycles. The predicted octanol–water partition coefficient (Wildman–Crippen LogP) is 4.51. The van der Waals surface area contributed by atoms with Crippen molar-refractivity contribution in [1.29, 1.82) is 0 Å². The van der Waals surface area contributed by atoms with E-state index in [0.717, 1.165) is 59.7 Å². The number of nitrogens with zero attached hydrogens (tertiary/aromatic N) is 3. The maximum atomic E-state index is 12.7. The average molecular weight is 474 g/mol. The monoisotopic (exact) mass is 473 g/mol. The number of ether oxygens (including phenoxy) is 2. The quantitative estimate of drug-likeness (QED) is 0.401. The van der Waals surface area contributed by atoms with E-state index in [1.807, 2.05) is 25.1 Å². The lowest BCUT2D eigenvalue weighted by Gasteiger charge is -2.34. The number of benzene rings is 2. The van der Waals surface area contributed by atoms with Crippen LogP contribution in [-0.2, 0) is 0 Å². The highest BCUT2D eigenvalue weighted by Crippen LogP contribution is 2.40. The summed E-state index contributed by atoms with van der Waals surface area (Å²) in [4.78, 5) is 29.2. The molecule has 8 nitrogen and oxygen atoms in total. The number of hydrogen-bond donors (Lipinski definition) is 2. The van der Waals surface area contributed by atoms with Crippen LogP contribution in [-0.4, -0.2) is 73.1 Å². The van der Waals surface area contributed by atoms with Gasteiger partial charge in [0.1, 0.15) is 0 Å². The van der Waals surface area contributed by atoms with Gasteiger partial charge in [0.15, 0.2) is 23.1 Å². The van der Waals surface area contributed by atoms with Gasteiger partial charge in [-0.2, -0.15) is 0 Å². The van der Waals surface area contributed by atoms with Crippen molar-refractivity contribution in [2.24, 2.45) is 0 Å². The third-order valence-electron chi connectivity index (χ3n) is 6.78. The number of aromatic amines is 2. The Labute approximate surface area is 204 Å². The molecule has 4 aromatic rings. The summed E-state index contributed by atoms with van der Waals surface area (Å²) in [7, 11) is 5.37. The number of anilines is 1. The molecule has 5 rings (SSSR count). The molecule has 0 unspecified atom stereocenters. The minimum Gasteiger partial charge on any atom is -0.493 e. The zero-order chi connectivity index (χ0) is 24.7. The van der Waals surface area contributed by atoms with E-state index in [2.05, 4.69) is 45.0 Å². The lowest BCUT2D eigenvalue weighted by atomic mass is 9.97. The summed E-state index contributed by atoms with van der Waals surface area (Å²) in [6.07, 6.45) is 0. The number of rotatable bonds is 6. The Bertz CT molecular complexity index is 1400. The summed E-state index contributed by atoms with van der Waals surface area (Å²) >= 11 is 0. The molecule has 1 aliphatic rings. The van der Waals surface area contributed by atoms with Gasteiger partial charge in [0.2, 0.25) is 0 Å². The van der Waals surface area contributed by atoms with Crippen LogP contribution in [0.15, 0.2) is 36.4 Å². The van der Waals surface area contributed by atoms with Crippen molar-refractivity contribution in [3.05, 3.63) is 47.7 Å². The van der Waals surface area contributed by atoms with E-state index < -0.39 is 0 Å². The van der Waals surface area contributed by atoms with E-state index in [4.69, 9.17) is 14.5 Å². The first kappa shape index (κ1) is 23.0. The second-order valence-electron chi connectivity index (χ2n) is 9.08. The molecular formula is C27H31N5O3. The molecule has 1 fully saturated rings. The van der Waals surface area contributed by atoms with Crippen molar-refractivity contribution in [2.75, 3.05) is 52.3 Å². The first-order valence-corrected chi connectivity index (χ1v) is 11.8. The number of H-pyrrole nitrogens is 2. The molecule has 0 radical (unpaired) electrons. The van der Waals surface area contributed by atoms with Gasteiger partial charge in [0.25, 0.3) is 0 Å². The standard InChI is InChI=1S/C27H31N5O3/c1-16-24(17(2)33)25(18-6-9-22(34-4)23(14-18)35-5)26(28-16)27-29-20-8-7-19(15-21(20)30-27)32-12-10-31(3)11-13-32/h6-9,14-15,28H,10-13H2,1-5H3,(H,29,30). The number of carbonyl (C=O) groups is 1. The second kappa shape index (κ2) is 9.11. The van der Waals surface area contributed by atoms with Crippen molar-refractivity contribution in [3.63, 3.8) is 0 Å². The number of likely N-dealkylation sites (N-methyl/N-ethyl adjacent to an activating group) is 1. The molecular weight excluding hydrogens is 442 g/mol. The molecule has 0 bridgehead atoms. The van der Waals surface area contributed by atoms with Crippen LogP contribution in [0.2, 0.25) is 0 Å². The number of nitrogens with one attached hydrogen (secondary N) is 2. The largest absolute Gasteiger partial charge is 0.493 e. The molecule has 0 aliphatic carbocycles. The minimum absolute atomic E-state index is 0.0109. The Balaban J connectivity index is 1.61. The van der Waals surface area contributed by atoms with Crippen LogP contribution in [0.5, 0.6) is 11.5 Å². The van der Waals surface area contributed by atoms with Gasteiger partial charge in [0, 0.05) is 48.7 Å². The Morgan fingerprint density at radius 1 is 0.971 bits per heavy atom. The zero-order valence-corrected chi connectivity index (χ0v) is 20.9. The lowest BCUT2D eigenvalue weighted by Crippen LogP contribution is -2.44. The summed E-state index contributed by atoms with van der Waals surface area (Å²) in [6, 6.07) is 12.0. The smallest absolute Gasteiger partial charge is 0.162 e.